The van der Waals surface area contributed by atoms with Crippen LogP contribution >= 0.6 is 23.2 Å². The van der Waals surface area contributed by atoms with Gasteiger partial charge in [0.2, 0.25) is 0 Å². The Morgan fingerprint density at radius 2 is 1.10 bits per heavy atom. The maximum Gasteiger partial charge on any atom is 0.321 e. The first kappa shape index (κ1) is 45.8. The van der Waals surface area contributed by atoms with E-state index in [2.05, 4.69) is 10.6 Å². The smallest absolute Gasteiger partial charge is 0.321 e. The third-order valence-electron chi connectivity index (χ3n) is 10.3. The first-order chi connectivity index (χ1) is 29.1. The number of sulfone groups is 2. The fraction of sp³-hybridized carbons (Fsp3) is 0.273. The number of ether oxygens (including phenoxy) is 2. The predicted octanol–water partition coefficient (Wildman–Crippen LogP) is 6.91. The third-order valence-corrected chi connectivity index (χ3v) is 14.1. The van der Waals surface area contributed by atoms with Gasteiger partial charge in [0, 0.05) is 31.1 Å². The number of fused-ring (bicyclic) bond motifs is 2. The molecule has 0 saturated heterocycles. The van der Waals surface area contributed by atoms with E-state index in [-0.39, 0.29) is 21.6 Å². The second kappa shape index (κ2) is 18.3. The van der Waals surface area contributed by atoms with E-state index in [1.165, 1.54) is 48.5 Å². The van der Waals surface area contributed by atoms with Crippen molar-refractivity contribution in [1.82, 2.24) is 19.8 Å². The summed E-state index contributed by atoms with van der Waals surface area (Å²) in [6, 6.07) is 19.5. The third kappa shape index (κ3) is 10.2. The van der Waals surface area contributed by atoms with Crippen LogP contribution < -0.4 is 10.6 Å². The zero-order valence-corrected chi connectivity index (χ0v) is 37.8. The highest BCUT2D eigenvalue weighted by molar-refractivity contribution is 7.92. The Kier molecular flexibility index (Phi) is 13.6. The van der Waals surface area contributed by atoms with Gasteiger partial charge < -0.3 is 29.2 Å². The molecule has 0 bridgehead atoms. The van der Waals surface area contributed by atoms with E-state index in [0.717, 1.165) is 27.5 Å². The molecule has 0 saturated carbocycles. The second-order valence-electron chi connectivity index (χ2n) is 15.1. The van der Waals surface area contributed by atoms with Crippen molar-refractivity contribution in [2.75, 3.05) is 24.7 Å². The highest BCUT2D eigenvalue weighted by Gasteiger charge is 2.25. The summed E-state index contributed by atoms with van der Waals surface area (Å²) >= 11 is 12.9. The molecule has 0 unspecified atom stereocenters. The van der Waals surface area contributed by atoms with E-state index >= 15 is 0 Å². The van der Waals surface area contributed by atoms with E-state index in [1.807, 2.05) is 43.7 Å². The Balaban J connectivity index is 0.940. The maximum atomic E-state index is 13.2. The SMILES string of the molecule is Cc1cc(Cl)c2c(C(=O)N[C@H](C)c3ccc(S(=O)(=O)CC(=O)OCCOC(=O)CS(=O)(=O)c4ccc([C@@H](C)NC(=O)c5cc6c(Cl)cc(C)cc6n5C)cc4)cc3)cn(C)c2c1. The lowest BCUT2D eigenvalue weighted by atomic mass is 10.1. The van der Waals surface area contributed by atoms with E-state index in [0.29, 0.717) is 37.8 Å². The predicted molar refractivity (Wildman–Crippen MR) is 236 cm³/mol. The normalized spacial score (nSPS) is 12.8. The largest absolute Gasteiger partial charge is 0.461 e. The van der Waals surface area contributed by atoms with Crippen LogP contribution in [0.5, 0.6) is 0 Å². The average molecular weight is 924 g/mol. The monoisotopic (exact) mass is 922 g/mol. The first-order valence-corrected chi connectivity index (χ1v) is 23.3. The number of amides is 2. The van der Waals surface area contributed by atoms with Crippen LogP contribution in [-0.2, 0) is 52.8 Å². The topological polar surface area (TPSA) is 189 Å². The number of rotatable bonds is 15. The molecular formula is C44H44Cl2N4O10S2. The first-order valence-electron chi connectivity index (χ1n) is 19.2. The number of nitrogens with one attached hydrogen (secondary N) is 2. The maximum absolute atomic E-state index is 13.2. The van der Waals surface area contributed by atoms with E-state index < -0.39 is 68.4 Å². The molecule has 0 radical (unpaired) electrons. The summed E-state index contributed by atoms with van der Waals surface area (Å²) in [6.45, 7) is 6.29. The molecule has 0 fully saturated rings. The minimum Gasteiger partial charge on any atom is -0.461 e. The van der Waals surface area contributed by atoms with Crippen molar-refractivity contribution in [2.45, 2.75) is 49.6 Å². The van der Waals surface area contributed by atoms with Gasteiger partial charge in [0.1, 0.15) is 18.9 Å². The van der Waals surface area contributed by atoms with Gasteiger partial charge in [0.25, 0.3) is 11.8 Å². The summed E-state index contributed by atoms with van der Waals surface area (Å²) in [4.78, 5) is 50.9. The quantitative estimate of drug-likeness (QED) is 0.0809. The van der Waals surface area contributed by atoms with Gasteiger partial charge in [-0.2, -0.15) is 0 Å². The number of benzene rings is 4. The molecule has 62 heavy (non-hydrogen) atoms. The molecule has 0 aliphatic heterocycles. The average Bonchev–Trinajstić information content (AvgIpc) is 3.72. The lowest BCUT2D eigenvalue weighted by Crippen LogP contribution is -2.28. The Morgan fingerprint density at radius 3 is 1.60 bits per heavy atom. The van der Waals surface area contributed by atoms with Crippen molar-refractivity contribution in [3.8, 4) is 0 Å². The summed E-state index contributed by atoms with van der Waals surface area (Å²) in [7, 11) is -4.68. The van der Waals surface area contributed by atoms with Crippen LogP contribution in [0.1, 0.15) is 69.0 Å². The minimum absolute atomic E-state index is 0.152. The number of aryl methyl sites for hydroxylation is 4. The second-order valence-corrected chi connectivity index (χ2v) is 19.8. The number of hydrogen-bond donors (Lipinski definition) is 2. The van der Waals surface area contributed by atoms with Gasteiger partial charge in [-0.05, 0) is 105 Å². The van der Waals surface area contributed by atoms with Crippen molar-refractivity contribution < 1.29 is 45.5 Å². The molecule has 14 nitrogen and oxygen atoms in total. The lowest BCUT2D eigenvalue weighted by Gasteiger charge is -2.15. The van der Waals surface area contributed by atoms with E-state index in [4.69, 9.17) is 32.7 Å². The Bertz CT molecular complexity index is 2960. The lowest BCUT2D eigenvalue weighted by molar-refractivity contribution is -0.149. The fourth-order valence-electron chi connectivity index (χ4n) is 7.02. The van der Waals surface area contributed by atoms with Crippen LogP contribution in [0.3, 0.4) is 0 Å². The standard InChI is InChI=1S/C44H44Cl2N4O10S2/c1-25-17-35(45)33-21-39(50(6)37(33)19-25)44(54)48-28(4)30-9-13-32(14-10-30)62(57,58)24-41(52)60-16-15-59-40(51)23-61(55,56)31-11-7-29(8-12-31)27(3)47-43(53)34-22-49(5)38-20-26(2)18-36(46)42(34)38/h7-14,17-22,27-28H,15-16,23-24H2,1-6H3,(H,47,53)(H,48,54)/t27-,28-/m1/s1. The van der Waals surface area contributed by atoms with Crippen LogP contribution in [0.2, 0.25) is 10.0 Å². The number of esters is 2. The zero-order chi connectivity index (χ0) is 45.3. The number of hydrogen-bond acceptors (Lipinski definition) is 10. The highest BCUT2D eigenvalue weighted by Crippen LogP contribution is 2.31. The Hall–Kier alpha value is -5.68. The van der Waals surface area contributed by atoms with Crippen LogP contribution in [0.25, 0.3) is 21.8 Å². The Morgan fingerprint density at radius 1 is 0.645 bits per heavy atom. The minimum atomic E-state index is -4.14. The molecule has 4 aromatic carbocycles. The van der Waals surface area contributed by atoms with Crippen LogP contribution in [0, 0.1) is 13.8 Å². The van der Waals surface area contributed by atoms with Crippen molar-refractivity contribution >= 4 is 88.4 Å². The van der Waals surface area contributed by atoms with Gasteiger partial charge in [-0.3, -0.25) is 19.2 Å². The highest BCUT2D eigenvalue weighted by atomic mass is 35.5. The molecule has 2 N–H and O–H groups in total. The van der Waals surface area contributed by atoms with Crippen LogP contribution in [0.15, 0.2) is 94.9 Å². The summed E-state index contributed by atoms with van der Waals surface area (Å²) in [5, 5.41) is 8.17. The molecule has 6 aromatic rings. The molecule has 0 aliphatic carbocycles. The zero-order valence-electron chi connectivity index (χ0n) is 34.6. The van der Waals surface area contributed by atoms with Crippen molar-refractivity contribution in [2.24, 2.45) is 14.1 Å². The van der Waals surface area contributed by atoms with Crippen LogP contribution in [0.4, 0.5) is 0 Å². The van der Waals surface area contributed by atoms with Crippen molar-refractivity contribution in [3.05, 3.63) is 129 Å². The molecule has 2 heterocycles. The summed E-state index contributed by atoms with van der Waals surface area (Å²) in [5.41, 5.74) is 5.54. The summed E-state index contributed by atoms with van der Waals surface area (Å²) in [6.07, 6.45) is 1.70. The van der Waals surface area contributed by atoms with Gasteiger partial charge in [0.05, 0.1) is 48.5 Å². The molecule has 2 aromatic heterocycles. The molecule has 0 aliphatic rings. The molecule has 6 rings (SSSR count). The van der Waals surface area contributed by atoms with E-state index in [9.17, 15) is 36.0 Å². The number of nitrogens with zero attached hydrogens (tertiary/aromatic N) is 2. The Labute approximate surface area is 368 Å². The number of aromatic nitrogens is 2. The van der Waals surface area contributed by atoms with Gasteiger partial charge in [-0.25, -0.2) is 16.8 Å². The van der Waals surface area contributed by atoms with Crippen LogP contribution in [-0.4, -0.2) is 74.4 Å². The number of carbonyl (C=O) groups excluding carboxylic acids is 4. The fourth-order valence-corrected chi connectivity index (χ4v) is 9.93. The number of carbonyl (C=O) groups is 4. The molecular weight excluding hydrogens is 880 g/mol. The van der Waals surface area contributed by atoms with Crippen molar-refractivity contribution in [3.63, 3.8) is 0 Å². The molecule has 18 heteroatoms. The van der Waals surface area contributed by atoms with Gasteiger partial charge in [0.15, 0.2) is 31.2 Å². The van der Waals surface area contributed by atoms with Gasteiger partial charge >= 0.3 is 11.9 Å². The molecule has 2 atom stereocenters. The van der Waals surface area contributed by atoms with Gasteiger partial charge in [-0.15, -0.1) is 0 Å². The van der Waals surface area contributed by atoms with Gasteiger partial charge in [-0.1, -0.05) is 47.5 Å². The number of halogens is 2. The molecule has 0 spiro atoms. The molecule has 2 amide bonds. The van der Waals surface area contributed by atoms with Crippen molar-refractivity contribution in [1.29, 1.82) is 0 Å². The molecule has 326 valence electrons. The van der Waals surface area contributed by atoms with E-state index in [1.54, 1.807) is 43.8 Å². The summed E-state index contributed by atoms with van der Waals surface area (Å²) in [5.74, 6) is -4.93. The summed E-state index contributed by atoms with van der Waals surface area (Å²) < 4.78 is 65.3.